The molecule has 2 aliphatic rings. The van der Waals surface area contributed by atoms with Crippen molar-refractivity contribution in [2.24, 2.45) is 0 Å². The van der Waals surface area contributed by atoms with Gasteiger partial charge in [0.25, 0.3) is 0 Å². The molecule has 2 aliphatic heterocycles. The lowest BCUT2D eigenvalue weighted by Crippen LogP contribution is -2.39. The highest BCUT2D eigenvalue weighted by Gasteiger charge is 2.30. The molecule has 7 nitrogen and oxygen atoms in total. The molecular weight excluding hydrogens is 369 g/mol. The Morgan fingerprint density at radius 1 is 1.36 bits per heavy atom. The van der Waals surface area contributed by atoms with Gasteiger partial charge in [0.15, 0.2) is 5.75 Å². The first kappa shape index (κ1) is 19.8. The predicted molar refractivity (Wildman–Crippen MR) is 96.6 cm³/mol. The van der Waals surface area contributed by atoms with E-state index in [1.807, 2.05) is 4.90 Å². The molecule has 1 N–H and O–H groups in total. The van der Waals surface area contributed by atoms with Crippen molar-refractivity contribution in [3.63, 3.8) is 0 Å². The molecule has 2 atom stereocenters. The van der Waals surface area contributed by atoms with Crippen LogP contribution in [-0.4, -0.2) is 47.5 Å². The Morgan fingerprint density at radius 3 is 2.88 bits per heavy atom. The number of nitrogens with zero attached hydrogens (tertiary/aromatic N) is 2. The molecule has 2 fully saturated rings. The lowest BCUT2D eigenvalue weighted by Gasteiger charge is -2.24. The molecule has 0 aromatic heterocycles. The van der Waals surface area contributed by atoms with Crippen LogP contribution in [0.4, 0.5) is 5.69 Å². The zero-order valence-electron chi connectivity index (χ0n) is 13.7. The van der Waals surface area contributed by atoms with E-state index in [9.17, 15) is 14.9 Å². The summed E-state index contributed by atoms with van der Waals surface area (Å²) < 4.78 is 5.44. The van der Waals surface area contributed by atoms with Crippen molar-refractivity contribution in [1.29, 1.82) is 0 Å². The summed E-state index contributed by atoms with van der Waals surface area (Å²) in [6.45, 7) is 1.60. The van der Waals surface area contributed by atoms with E-state index in [0.717, 1.165) is 25.9 Å². The quantitative estimate of drug-likeness (QED) is 0.617. The van der Waals surface area contributed by atoms with Crippen LogP contribution in [0.5, 0.6) is 5.75 Å². The Labute approximate surface area is 157 Å². The van der Waals surface area contributed by atoms with Gasteiger partial charge in [0.05, 0.1) is 18.0 Å². The molecule has 0 saturated carbocycles. The Bertz CT molecular complexity index is 644. The fourth-order valence-electron chi connectivity index (χ4n) is 3.33. The third kappa shape index (κ3) is 4.96. The highest BCUT2D eigenvalue weighted by atomic mass is 35.5. The van der Waals surface area contributed by atoms with Crippen molar-refractivity contribution < 1.29 is 14.5 Å². The lowest BCUT2D eigenvalue weighted by atomic mass is 10.1. The molecule has 1 aromatic carbocycles. The minimum atomic E-state index is -0.541. The number of nitrogens with one attached hydrogen (secondary N) is 1. The Hall–Kier alpha value is -1.57. The van der Waals surface area contributed by atoms with Crippen LogP contribution < -0.4 is 10.1 Å². The van der Waals surface area contributed by atoms with E-state index in [0.29, 0.717) is 12.1 Å². The summed E-state index contributed by atoms with van der Waals surface area (Å²) in [6.07, 6.45) is 3.49. The second-order valence-electron chi connectivity index (χ2n) is 6.23. The van der Waals surface area contributed by atoms with E-state index in [1.54, 1.807) is 0 Å². The van der Waals surface area contributed by atoms with Crippen molar-refractivity contribution in [3.05, 3.63) is 33.3 Å². The van der Waals surface area contributed by atoms with Gasteiger partial charge in [-0.2, -0.15) is 0 Å². The Balaban J connectivity index is 0.00000225. The van der Waals surface area contributed by atoms with Crippen LogP contribution in [0.2, 0.25) is 5.02 Å². The summed E-state index contributed by atoms with van der Waals surface area (Å²) in [4.78, 5) is 24.7. The molecule has 1 amide bonds. The van der Waals surface area contributed by atoms with E-state index < -0.39 is 4.92 Å². The highest BCUT2D eigenvalue weighted by Crippen LogP contribution is 2.30. The molecule has 9 heteroatoms. The number of carbonyl (C=O) groups is 1. The van der Waals surface area contributed by atoms with Gasteiger partial charge in [0.1, 0.15) is 0 Å². The molecule has 2 unspecified atom stereocenters. The molecule has 1 aromatic rings. The predicted octanol–water partition coefficient (Wildman–Crippen LogP) is 2.79. The third-order valence-electron chi connectivity index (χ3n) is 4.57. The Kier molecular flexibility index (Phi) is 6.87. The van der Waals surface area contributed by atoms with E-state index in [1.165, 1.54) is 24.6 Å². The minimum absolute atomic E-state index is 0. The first-order valence-electron chi connectivity index (χ1n) is 8.13. The number of carbonyl (C=O) groups excluding carboxylic acids is 1. The monoisotopic (exact) mass is 389 g/mol. The van der Waals surface area contributed by atoms with Crippen LogP contribution in [0.3, 0.4) is 0 Å². The molecular formula is C16H21Cl2N3O4. The van der Waals surface area contributed by atoms with E-state index >= 15 is 0 Å². The van der Waals surface area contributed by atoms with Gasteiger partial charge in [-0.15, -0.1) is 12.4 Å². The summed E-state index contributed by atoms with van der Waals surface area (Å²) >= 11 is 5.77. The largest absolute Gasteiger partial charge is 0.486 e. The molecule has 2 bridgehead atoms. The highest BCUT2D eigenvalue weighted by molar-refractivity contribution is 6.30. The van der Waals surface area contributed by atoms with Gasteiger partial charge < -0.3 is 15.0 Å². The fourth-order valence-corrected chi connectivity index (χ4v) is 3.50. The maximum absolute atomic E-state index is 12.4. The van der Waals surface area contributed by atoms with Crippen molar-refractivity contribution in [3.8, 4) is 5.75 Å². The number of nitro groups is 1. The number of rotatable bonds is 5. The third-order valence-corrected chi connectivity index (χ3v) is 4.80. The number of benzene rings is 1. The number of fused-ring (bicyclic) bond motifs is 2. The van der Waals surface area contributed by atoms with Crippen molar-refractivity contribution >= 4 is 35.6 Å². The number of amides is 1. The van der Waals surface area contributed by atoms with Gasteiger partial charge in [0.2, 0.25) is 5.91 Å². The van der Waals surface area contributed by atoms with Crippen molar-refractivity contribution in [1.82, 2.24) is 10.2 Å². The first-order valence-corrected chi connectivity index (χ1v) is 8.51. The van der Waals surface area contributed by atoms with Gasteiger partial charge in [-0.3, -0.25) is 14.9 Å². The molecule has 138 valence electrons. The SMILES string of the molecule is Cl.O=C(CCOc1ccc(Cl)cc1[N+](=O)[O-])N1CCC2CCC(C1)N2. The average Bonchev–Trinajstić information content (AvgIpc) is 2.87. The van der Waals surface area contributed by atoms with Crippen LogP contribution in [0.15, 0.2) is 18.2 Å². The number of hydrogen-bond acceptors (Lipinski definition) is 5. The number of hydrogen-bond donors (Lipinski definition) is 1. The smallest absolute Gasteiger partial charge is 0.312 e. The van der Waals surface area contributed by atoms with Crippen LogP contribution in [0.1, 0.15) is 25.7 Å². The molecule has 3 rings (SSSR count). The summed E-state index contributed by atoms with van der Waals surface area (Å²) in [7, 11) is 0. The maximum Gasteiger partial charge on any atom is 0.312 e. The summed E-state index contributed by atoms with van der Waals surface area (Å²) in [5.74, 6) is 0.162. The molecule has 2 saturated heterocycles. The lowest BCUT2D eigenvalue weighted by molar-refractivity contribution is -0.385. The van der Waals surface area contributed by atoms with Crippen LogP contribution in [0.25, 0.3) is 0 Å². The van der Waals surface area contributed by atoms with Gasteiger partial charge in [-0.25, -0.2) is 0 Å². The maximum atomic E-state index is 12.4. The molecule has 2 heterocycles. The fraction of sp³-hybridized carbons (Fsp3) is 0.562. The van der Waals surface area contributed by atoms with Gasteiger partial charge in [-0.05, 0) is 31.4 Å². The second kappa shape index (κ2) is 8.69. The number of halogens is 2. The van der Waals surface area contributed by atoms with E-state index in [-0.39, 0.29) is 47.8 Å². The van der Waals surface area contributed by atoms with Gasteiger partial charge in [0, 0.05) is 36.3 Å². The number of likely N-dealkylation sites (tertiary alicyclic amines) is 1. The zero-order valence-corrected chi connectivity index (χ0v) is 15.2. The summed E-state index contributed by atoms with van der Waals surface area (Å²) in [5.41, 5.74) is -0.189. The molecule has 0 spiro atoms. The normalized spacial score (nSPS) is 22.0. The molecule has 0 radical (unpaired) electrons. The van der Waals surface area contributed by atoms with E-state index in [2.05, 4.69) is 5.32 Å². The number of nitro benzene ring substituents is 1. The van der Waals surface area contributed by atoms with E-state index in [4.69, 9.17) is 16.3 Å². The van der Waals surface area contributed by atoms with Crippen LogP contribution >= 0.6 is 24.0 Å². The summed E-state index contributed by atoms with van der Waals surface area (Å²) in [6, 6.07) is 5.15. The van der Waals surface area contributed by atoms with Crippen LogP contribution in [-0.2, 0) is 4.79 Å². The van der Waals surface area contributed by atoms with Gasteiger partial charge >= 0.3 is 5.69 Å². The zero-order chi connectivity index (χ0) is 17.1. The second-order valence-corrected chi connectivity index (χ2v) is 6.67. The molecule has 0 aliphatic carbocycles. The van der Waals surface area contributed by atoms with Crippen molar-refractivity contribution in [2.75, 3.05) is 19.7 Å². The number of ether oxygens (including phenoxy) is 1. The topological polar surface area (TPSA) is 84.7 Å². The summed E-state index contributed by atoms with van der Waals surface area (Å²) in [5, 5.41) is 14.8. The Morgan fingerprint density at radius 2 is 2.12 bits per heavy atom. The first-order chi connectivity index (χ1) is 11.5. The average molecular weight is 390 g/mol. The minimum Gasteiger partial charge on any atom is -0.486 e. The van der Waals surface area contributed by atoms with Crippen LogP contribution in [0, 0.1) is 10.1 Å². The molecule has 25 heavy (non-hydrogen) atoms. The standard InChI is InChI=1S/C16H20ClN3O4.ClH/c17-11-1-4-15(14(9-11)20(22)23)24-8-6-16(21)19-7-5-12-2-3-13(10-19)18-12;/h1,4,9,12-13,18H,2-3,5-8,10H2;1H. The van der Waals surface area contributed by atoms with Gasteiger partial charge in [-0.1, -0.05) is 11.6 Å². The van der Waals surface area contributed by atoms with Crippen molar-refractivity contribution in [2.45, 2.75) is 37.8 Å².